The minimum atomic E-state index is -0.0501. The Kier molecular flexibility index (Phi) is 3.94. The van der Waals surface area contributed by atoms with Gasteiger partial charge in [0.15, 0.2) is 5.17 Å². The van der Waals surface area contributed by atoms with E-state index < -0.39 is 0 Å². The Hall–Kier alpha value is -1.86. The molecule has 0 spiro atoms. The van der Waals surface area contributed by atoms with Crippen molar-refractivity contribution in [1.29, 1.82) is 0 Å². The second kappa shape index (κ2) is 5.87. The number of nitrogens with zero attached hydrogens (tertiary/aromatic N) is 3. The summed E-state index contributed by atoms with van der Waals surface area (Å²) >= 11 is 2.82. The summed E-state index contributed by atoms with van der Waals surface area (Å²) in [6.45, 7) is 4.42. The van der Waals surface area contributed by atoms with Crippen LogP contribution >= 0.6 is 23.1 Å². The predicted octanol–water partition coefficient (Wildman–Crippen LogP) is 3.67. The maximum absolute atomic E-state index is 12.4. The van der Waals surface area contributed by atoms with Gasteiger partial charge >= 0.3 is 0 Å². The number of furan rings is 1. The molecule has 7 heteroatoms. The van der Waals surface area contributed by atoms with Crippen LogP contribution in [0.4, 0.5) is 5.13 Å². The number of carbonyl (C=O) groups is 1. The SMILES string of the molecule is CCN1C(=O)/C(=C\c2ccco2)S/C1=N/c1nc(C)cs1. The van der Waals surface area contributed by atoms with E-state index in [1.165, 1.54) is 23.1 Å². The van der Waals surface area contributed by atoms with Crippen LogP contribution in [-0.2, 0) is 4.79 Å². The Balaban J connectivity index is 1.92. The van der Waals surface area contributed by atoms with Crippen LogP contribution in [0, 0.1) is 6.92 Å². The highest BCUT2D eigenvalue weighted by atomic mass is 32.2. The van der Waals surface area contributed by atoms with Crippen LogP contribution < -0.4 is 0 Å². The van der Waals surface area contributed by atoms with Crippen molar-refractivity contribution in [3.8, 4) is 0 Å². The van der Waals surface area contributed by atoms with Gasteiger partial charge in [0.05, 0.1) is 16.9 Å². The van der Waals surface area contributed by atoms with E-state index in [0.717, 1.165) is 5.69 Å². The van der Waals surface area contributed by atoms with E-state index in [4.69, 9.17) is 4.42 Å². The molecule has 0 bridgehead atoms. The average Bonchev–Trinajstić information content (AvgIpc) is 3.15. The lowest BCUT2D eigenvalue weighted by Crippen LogP contribution is -2.28. The third-order valence-electron chi connectivity index (χ3n) is 2.82. The monoisotopic (exact) mass is 319 g/mol. The summed E-state index contributed by atoms with van der Waals surface area (Å²) in [5.74, 6) is 0.610. The largest absolute Gasteiger partial charge is 0.465 e. The molecule has 108 valence electrons. The first kappa shape index (κ1) is 14.1. The first-order chi connectivity index (χ1) is 10.2. The van der Waals surface area contributed by atoms with Crippen molar-refractivity contribution < 1.29 is 9.21 Å². The summed E-state index contributed by atoms with van der Waals surface area (Å²) in [6.07, 6.45) is 3.33. The lowest BCUT2D eigenvalue weighted by molar-refractivity contribution is -0.122. The third kappa shape index (κ3) is 2.93. The third-order valence-corrected chi connectivity index (χ3v) is 4.68. The van der Waals surface area contributed by atoms with Gasteiger partial charge < -0.3 is 4.42 Å². The first-order valence-corrected chi connectivity index (χ1v) is 8.12. The van der Waals surface area contributed by atoms with Gasteiger partial charge in [-0.05, 0) is 37.7 Å². The molecular weight excluding hydrogens is 306 g/mol. The van der Waals surface area contributed by atoms with E-state index in [0.29, 0.717) is 27.5 Å². The first-order valence-electron chi connectivity index (χ1n) is 6.43. The Morgan fingerprint density at radius 1 is 1.52 bits per heavy atom. The van der Waals surface area contributed by atoms with Crippen LogP contribution in [0.1, 0.15) is 18.4 Å². The molecule has 3 rings (SSSR count). The highest BCUT2D eigenvalue weighted by Gasteiger charge is 2.32. The van der Waals surface area contributed by atoms with Crippen LogP contribution in [0.25, 0.3) is 6.08 Å². The van der Waals surface area contributed by atoms with Crippen molar-refractivity contribution in [3.05, 3.63) is 40.1 Å². The number of aryl methyl sites for hydroxylation is 1. The van der Waals surface area contributed by atoms with Crippen molar-refractivity contribution in [2.75, 3.05) is 6.54 Å². The molecule has 2 aromatic rings. The summed E-state index contributed by atoms with van der Waals surface area (Å²) in [6, 6.07) is 3.61. The number of thioether (sulfide) groups is 1. The number of carbonyl (C=O) groups excluding carboxylic acids is 1. The molecule has 5 nitrogen and oxygen atoms in total. The summed E-state index contributed by atoms with van der Waals surface area (Å²) in [5, 5.41) is 3.27. The quantitative estimate of drug-likeness (QED) is 0.810. The molecule has 0 N–H and O–H groups in total. The number of rotatable bonds is 3. The molecule has 1 saturated heterocycles. The number of amidine groups is 1. The Bertz CT molecular complexity index is 716. The average molecular weight is 319 g/mol. The van der Waals surface area contributed by atoms with Gasteiger partial charge in [0.1, 0.15) is 5.76 Å². The molecule has 1 aliphatic rings. The lowest BCUT2D eigenvalue weighted by atomic mass is 10.3. The maximum Gasteiger partial charge on any atom is 0.266 e. The van der Waals surface area contributed by atoms with E-state index in [2.05, 4.69) is 9.98 Å². The van der Waals surface area contributed by atoms with Crippen LogP contribution in [0.5, 0.6) is 0 Å². The number of thiazole rings is 1. The number of aliphatic imine (C=N–C) groups is 1. The van der Waals surface area contributed by atoms with Crippen LogP contribution in [0.15, 0.2) is 38.1 Å². The van der Waals surface area contributed by atoms with Gasteiger partial charge in [-0.15, -0.1) is 11.3 Å². The zero-order valence-electron chi connectivity index (χ0n) is 11.6. The maximum atomic E-state index is 12.4. The van der Waals surface area contributed by atoms with Gasteiger partial charge in [-0.25, -0.2) is 4.98 Å². The van der Waals surface area contributed by atoms with Gasteiger partial charge in [-0.3, -0.25) is 9.69 Å². The minimum absolute atomic E-state index is 0.0501. The van der Waals surface area contributed by atoms with E-state index in [1.54, 1.807) is 23.3 Å². The molecule has 0 radical (unpaired) electrons. The van der Waals surface area contributed by atoms with Crippen molar-refractivity contribution in [2.45, 2.75) is 13.8 Å². The normalized spacial score (nSPS) is 19.1. The Morgan fingerprint density at radius 2 is 2.38 bits per heavy atom. The molecule has 0 aromatic carbocycles. The second-order valence-corrected chi connectivity index (χ2v) is 6.19. The second-order valence-electron chi connectivity index (χ2n) is 4.34. The predicted molar refractivity (Wildman–Crippen MR) is 85.6 cm³/mol. The van der Waals surface area contributed by atoms with Crippen LogP contribution in [-0.4, -0.2) is 27.5 Å². The number of aromatic nitrogens is 1. The van der Waals surface area contributed by atoms with Crippen molar-refractivity contribution in [2.24, 2.45) is 4.99 Å². The lowest BCUT2D eigenvalue weighted by Gasteiger charge is -2.11. The fourth-order valence-electron chi connectivity index (χ4n) is 1.85. The molecule has 3 heterocycles. The number of likely N-dealkylation sites (N-methyl/N-ethyl adjacent to an activating group) is 1. The summed E-state index contributed by atoms with van der Waals surface area (Å²) in [7, 11) is 0. The molecule has 0 saturated carbocycles. The Morgan fingerprint density at radius 3 is 3.00 bits per heavy atom. The Labute approximate surface area is 130 Å². The van der Waals surface area contributed by atoms with Crippen LogP contribution in [0.2, 0.25) is 0 Å². The van der Waals surface area contributed by atoms with Gasteiger partial charge in [-0.2, -0.15) is 4.99 Å². The highest BCUT2D eigenvalue weighted by molar-refractivity contribution is 8.18. The molecular formula is C14H13N3O2S2. The van der Waals surface area contributed by atoms with Gasteiger partial charge in [0, 0.05) is 18.0 Å². The molecule has 1 amide bonds. The van der Waals surface area contributed by atoms with E-state index in [1.807, 2.05) is 25.3 Å². The van der Waals surface area contributed by atoms with Gasteiger partial charge in [0.2, 0.25) is 5.13 Å². The summed E-state index contributed by atoms with van der Waals surface area (Å²) in [5.41, 5.74) is 0.933. The number of hydrogen-bond donors (Lipinski definition) is 0. The highest BCUT2D eigenvalue weighted by Crippen LogP contribution is 2.34. The van der Waals surface area contributed by atoms with Gasteiger partial charge in [0.25, 0.3) is 5.91 Å². The standard InChI is InChI=1S/C14H13N3O2S2/c1-3-17-12(18)11(7-10-5-4-6-19-10)21-14(17)16-13-15-9(2)8-20-13/h4-8H,3H2,1-2H3/b11-7+,16-14+. The molecule has 0 atom stereocenters. The molecule has 0 aliphatic carbocycles. The fourth-order valence-corrected chi connectivity index (χ4v) is 3.59. The summed E-state index contributed by atoms with van der Waals surface area (Å²) in [4.78, 5) is 23.4. The van der Waals surface area contributed by atoms with E-state index >= 15 is 0 Å². The number of amides is 1. The zero-order valence-corrected chi connectivity index (χ0v) is 13.2. The van der Waals surface area contributed by atoms with Crippen molar-refractivity contribution in [3.63, 3.8) is 0 Å². The topological polar surface area (TPSA) is 58.7 Å². The fraction of sp³-hybridized carbons (Fsp3) is 0.214. The minimum Gasteiger partial charge on any atom is -0.465 e. The number of hydrogen-bond acceptors (Lipinski definition) is 6. The van der Waals surface area contributed by atoms with Crippen molar-refractivity contribution >= 4 is 45.4 Å². The van der Waals surface area contributed by atoms with E-state index in [9.17, 15) is 4.79 Å². The molecule has 1 aliphatic heterocycles. The smallest absolute Gasteiger partial charge is 0.266 e. The summed E-state index contributed by atoms with van der Waals surface area (Å²) < 4.78 is 5.26. The van der Waals surface area contributed by atoms with Gasteiger partial charge in [-0.1, -0.05) is 0 Å². The zero-order chi connectivity index (χ0) is 14.8. The van der Waals surface area contributed by atoms with E-state index in [-0.39, 0.29) is 5.91 Å². The van der Waals surface area contributed by atoms with Crippen LogP contribution in [0.3, 0.4) is 0 Å². The molecule has 1 fully saturated rings. The molecule has 2 aromatic heterocycles. The van der Waals surface area contributed by atoms with Crippen molar-refractivity contribution in [1.82, 2.24) is 9.88 Å². The molecule has 0 unspecified atom stereocenters. The molecule has 21 heavy (non-hydrogen) atoms.